The average Bonchev–Trinajstić information content (AvgIpc) is 2.21. The summed E-state index contributed by atoms with van der Waals surface area (Å²) in [4.78, 5) is 23.5. The van der Waals surface area contributed by atoms with Crippen LogP contribution in [0.25, 0.3) is 0 Å². The third-order valence-electron chi connectivity index (χ3n) is 2.23. The highest BCUT2D eigenvalue weighted by Crippen LogP contribution is 2.06. The molecule has 1 amide bonds. The minimum Gasteiger partial charge on any atom is -0.480 e. The van der Waals surface area contributed by atoms with E-state index in [1.54, 1.807) is 0 Å². The average molecular weight is 211 g/mol. The molecule has 4 nitrogen and oxygen atoms in total. The lowest BCUT2D eigenvalue weighted by atomic mass is 10.2. The summed E-state index contributed by atoms with van der Waals surface area (Å²) in [5.41, 5.74) is 0. The second kappa shape index (κ2) is 6.88. The van der Waals surface area contributed by atoms with E-state index < -0.39 is 5.97 Å². The first-order valence-corrected chi connectivity index (χ1v) is 4.97. The van der Waals surface area contributed by atoms with Crippen molar-refractivity contribution in [3.63, 3.8) is 0 Å². The van der Waals surface area contributed by atoms with Crippen LogP contribution in [0.15, 0.2) is 0 Å². The number of amides is 1. The van der Waals surface area contributed by atoms with E-state index in [-0.39, 0.29) is 24.9 Å². The fraction of sp³-hybridized carbons (Fsp3) is 0.636. The summed E-state index contributed by atoms with van der Waals surface area (Å²) >= 11 is 0. The largest absolute Gasteiger partial charge is 0.480 e. The highest BCUT2D eigenvalue weighted by Gasteiger charge is 2.20. The Morgan fingerprint density at radius 2 is 2.13 bits per heavy atom. The molecule has 0 aromatic rings. The summed E-state index contributed by atoms with van der Waals surface area (Å²) in [7, 11) is 0. The molecule has 0 aliphatic carbocycles. The quantitative estimate of drug-likeness (QED) is 0.669. The van der Waals surface area contributed by atoms with Gasteiger partial charge in [0.2, 0.25) is 5.91 Å². The number of carbonyl (C=O) groups is 2. The van der Waals surface area contributed by atoms with Crippen molar-refractivity contribution >= 4 is 11.9 Å². The van der Waals surface area contributed by atoms with Crippen molar-refractivity contribution in [3.8, 4) is 12.3 Å². The van der Waals surface area contributed by atoms with E-state index in [1.165, 1.54) is 4.90 Å². The van der Waals surface area contributed by atoms with E-state index in [0.29, 0.717) is 6.42 Å². The molecule has 0 aliphatic heterocycles. The zero-order valence-electron chi connectivity index (χ0n) is 9.19. The Morgan fingerprint density at radius 3 is 2.53 bits per heavy atom. The number of hydrogen-bond acceptors (Lipinski definition) is 2. The summed E-state index contributed by atoms with van der Waals surface area (Å²) in [5.74, 6) is 1.18. The first-order chi connectivity index (χ1) is 7.02. The monoisotopic (exact) mass is 211 g/mol. The number of nitrogens with zero attached hydrogens (tertiary/aromatic N) is 1. The van der Waals surface area contributed by atoms with E-state index in [9.17, 15) is 9.59 Å². The van der Waals surface area contributed by atoms with Gasteiger partial charge in [-0.3, -0.25) is 9.59 Å². The van der Waals surface area contributed by atoms with Gasteiger partial charge in [-0.2, -0.15) is 0 Å². The molecule has 4 heteroatoms. The number of carboxylic acid groups (broad SMARTS) is 1. The van der Waals surface area contributed by atoms with Crippen LogP contribution in [0.3, 0.4) is 0 Å². The van der Waals surface area contributed by atoms with Gasteiger partial charge in [-0.15, -0.1) is 12.3 Å². The molecule has 0 radical (unpaired) electrons. The molecule has 0 aromatic carbocycles. The van der Waals surface area contributed by atoms with Gasteiger partial charge in [0.15, 0.2) is 0 Å². The molecule has 1 N–H and O–H groups in total. The molecule has 0 spiro atoms. The number of aliphatic carboxylic acids is 1. The van der Waals surface area contributed by atoms with Crippen LogP contribution in [0.4, 0.5) is 0 Å². The van der Waals surface area contributed by atoms with E-state index >= 15 is 0 Å². The number of carbonyl (C=O) groups excluding carboxylic acids is 1. The number of rotatable bonds is 6. The molecular weight excluding hydrogens is 194 g/mol. The van der Waals surface area contributed by atoms with Crippen molar-refractivity contribution in [3.05, 3.63) is 0 Å². The molecule has 84 valence electrons. The molecule has 0 fully saturated rings. The van der Waals surface area contributed by atoms with Crippen LogP contribution in [0.5, 0.6) is 0 Å². The molecular formula is C11H17NO3. The smallest absolute Gasteiger partial charge is 0.323 e. The minimum absolute atomic E-state index is 0.0635. The van der Waals surface area contributed by atoms with Gasteiger partial charge in [0.25, 0.3) is 0 Å². The maximum absolute atomic E-state index is 11.6. The maximum atomic E-state index is 11.6. The van der Waals surface area contributed by atoms with E-state index in [4.69, 9.17) is 11.5 Å². The van der Waals surface area contributed by atoms with Crippen molar-refractivity contribution in [2.24, 2.45) is 0 Å². The number of terminal acetylenes is 1. The third-order valence-corrected chi connectivity index (χ3v) is 2.23. The van der Waals surface area contributed by atoms with Gasteiger partial charge in [0.1, 0.15) is 6.54 Å². The standard InChI is InChI=1S/C11H17NO3/c1-4-6-7-10(13)12(8-11(14)15)9(3)5-2/h1,9H,5-8H2,2-3H3,(H,14,15). The predicted octanol–water partition coefficient (Wildman–Crippen LogP) is 1.11. The van der Waals surface area contributed by atoms with Gasteiger partial charge in [0.05, 0.1) is 0 Å². The van der Waals surface area contributed by atoms with Gasteiger partial charge >= 0.3 is 5.97 Å². The van der Waals surface area contributed by atoms with Crippen LogP contribution in [0.2, 0.25) is 0 Å². The second-order valence-corrected chi connectivity index (χ2v) is 3.38. The molecule has 1 atom stereocenters. The number of carboxylic acids is 1. The Hall–Kier alpha value is -1.50. The summed E-state index contributed by atoms with van der Waals surface area (Å²) < 4.78 is 0. The van der Waals surface area contributed by atoms with Gasteiger partial charge in [-0.1, -0.05) is 6.92 Å². The Kier molecular flexibility index (Phi) is 6.19. The van der Waals surface area contributed by atoms with Crippen LogP contribution in [-0.4, -0.2) is 34.5 Å². The highest BCUT2D eigenvalue weighted by molar-refractivity contribution is 5.81. The maximum Gasteiger partial charge on any atom is 0.323 e. The lowest BCUT2D eigenvalue weighted by Gasteiger charge is -2.26. The van der Waals surface area contributed by atoms with Crippen LogP contribution >= 0.6 is 0 Å². The Labute approximate surface area is 90.3 Å². The molecule has 0 saturated carbocycles. The first kappa shape index (κ1) is 13.5. The molecule has 0 rings (SSSR count). The molecule has 0 heterocycles. The van der Waals surface area contributed by atoms with Crippen LogP contribution in [-0.2, 0) is 9.59 Å². The van der Waals surface area contributed by atoms with Crippen LogP contribution in [0, 0.1) is 12.3 Å². The zero-order chi connectivity index (χ0) is 11.8. The SMILES string of the molecule is C#CCCC(=O)N(CC(=O)O)C(C)CC. The molecule has 0 bridgehead atoms. The topological polar surface area (TPSA) is 57.6 Å². The molecule has 0 aliphatic rings. The van der Waals surface area contributed by atoms with Gasteiger partial charge in [-0.05, 0) is 13.3 Å². The van der Waals surface area contributed by atoms with Gasteiger partial charge in [0, 0.05) is 18.9 Å². The zero-order valence-corrected chi connectivity index (χ0v) is 9.19. The van der Waals surface area contributed by atoms with E-state index in [2.05, 4.69) is 5.92 Å². The fourth-order valence-corrected chi connectivity index (χ4v) is 1.18. The molecule has 0 saturated heterocycles. The Morgan fingerprint density at radius 1 is 1.53 bits per heavy atom. The van der Waals surface area contributed by atoms with Gasteiger partial charge in [-0.25, -0.2) is 0 Å². The minimum atomic E-state index is -0.996. The van der Waals surface area contributed by atoms with Crippen molar-refractivity contribution in [1.82, 2.24) is 4.90 Å². The van der Waals surface area contributed by atoms with Crippen molar-refractivity contribution in [2.45, 2.75) is 39.2 Å². The summed E-state index contributed by atoms with van der Waals surface area (Å²) in [6.07, 6.45) is 6.35. The fourth-order valence-electron chi connectivity index (χ4n) is 1.18. The van der Waals surface area contributed by atoms with E-state index in [0.717, 1.165) is 6.42 Å². The van der Waals surface area contributed by atoms with Crippen molar-refractivity contribution < 1.29 is 14.7 Å². The van der Waals surface area contributed by atoms with Crippen molar-refractivity contribution in [1.29, 1.82) is 0 Å². The number of hydrogen-bond donors (Lipinski definition) is 1. The van der Waals surface area contributed by atoms with Crippen LogP contribution < -0.4 is 0 Å². The summed E-state index contributed by atoms with van der Waals surface area (Å²) in [6.45, 7) is 3.49. The molecule has 0 aromatic heterocycles. The molecule has 15 heavy (non-hydrogen) atoms. The Balaban J connectivity index is 4.41. The van der Waals surface area contributed by atoms with E-state index in [1.807, 2.05) is 13.8 Å². The lowest BCUT2D eigenvalue weighted by Crippen LogP contribution is -2.41. The summed E-state index contributed by atoms with van der Waals surface area (Å²) in [5, 5.41) is 8.67. The normalized spacial score (nSPS) is 11.5. The molecule has 1 unspecified atom stereocenters. The predicted molar refractivity (Wildman–Crippen MR) is 57.2 cm³/mol. The third kappa shape index (κ3) is 5.06. The van der Waals surface area contributed by atoms with Crippen LogP contribution in [0.1, 0.15) is 33.1 Å². The second-order valence-electron chi connectivity index (χ2n) is 3.38. The first-order valence-electron chi connectivity index (χ1n) is 4.97. The Bertz CT molecular complexity index is 267. The highest BCUT2D eigenvalue weighted by atomic mass is 16.4. The van der Waals surface area contributed by atoms with Gasteiger partial charge < -0.3 is 10.0 Å². The summed E-state index contributed by atoms with van der Waals surface area (Å²) in [6, 6.07) is -0.0635. The lowest BCUT2D eigenvalue weighted by molar-refractivity contribution is -0.146. The van der Waals surface area contributed by atoms with Crippen molar-refractivity contribution in [2.75, 3.05) is 6.54 Å².